The van der Waals surface area contributed by atoms with E-state index < -0.39 is 35.9 Å². The Morgan fingerprint density at radius 2 is 1.88 bits per heavy atom. The van der Waals surface area contributed by atoms with Crippen LogP contribution >= 0.6 is 0 Å². The lowest BCUT2D eigenvalue weighted by molar-refractivity contribution is -0.186. The molecule has 0 amide bonds. The lowest BCUT2D eigenvalue weighted by Gasteiger charge is -2.21. The molecule has 0 aromatic heterocycles. The molecule has 0 saturated carbocycles. The number of Topliss-reactive ketones (excluding diaryl/α,β-unsaturated/α-hetero) is 1. The molecule has 3 saturated heterocycles. The van der Waals surface area contributed by atoms with Crippen molar-refractivity contribution in [1.82, 2.24) is 0 Å². The number of hydrogen-bond acceptors (Lipinski definition) is 6. The Labute approximate surface area is 91.8 Å². The van der Waals surface area contributed by atoms with Gasteiger partial charge in [0, 0.05) is 0 Å². The molecule has 0 spiro atoms. The normalized spacial score (nSPS) is 45.1. The highest BCUT2D eigenvalue weighted by Crippen LogP contribution is 2.40. The van der Waals surface area contributed by atoms with E-state index in [1.165, 1.54) is 0 Å². The highest BCUT2D eigenvalue weighted by atomic mass is 16.8. The van der Waals surface area contributed by atoms with E-state index in [9.17, 15) is 9.59 Å². The fraction of sp³-hybridized carbons (Fsp3) is 0.800. The van der Waals surface area contributed by atoms with Gasteiger partial charge in [0.2, 0.25) is 0 Å². The van der Waals surface area contributed by atoms with Gasteiger partial charge in [-0.15, -0.1) is 0 Å². The zero-order valence-electron chi connectivity index (χ0n) is 8.97. The monoisotopic (exact) mass is 228 g/mol. The summed E-state index contributed by atoms with van der Waals surface area (Å²) in [5, 5.41) is 0. The van der Waals surface area contributed by atoms with Crippen LogP contribution in [0.25, 0.3) is 0 Å². The second-order valence-corrected chi connectivity index (χ2v) is 4.62. The van der Waals surface area contributed by atoms with Crippen LogP contribution in [0.2, 0.25) is 0 Å². The van der Waals surface area contributed by atoms with Crippen LogP contribution in [-0.4, -0.2) is 48.6 Å². The molecule has 4 atom stereocenters. The minimum Gasteiger partial charge on any atom is -0.457 e. The summed E-state index contributed by atoms with van der Waals surface area (Å²) >= 11 is 0. The molecule has 0 aliphatic carbocycles. The molecular weight excluding hydrogens is 216 g/mol. The van der Waals surface area contributed by atoms with Crippen LogP contribution in [0, 0.1) is 0 Å². The number of ether oxygens (including phenoxy) is 4. The van der Waals surface area contributed by atoms with Crippen molar-refractivity contribution >= 4 is 11.8 Å². The van der Waals surface area contributed by atoms with E-state index in [2.05, 4.69) is 0 Å². The average molecular weight is 228 g/mol. The van der Waals surface area contributed by atoms with Crippen molar-refractivity contribution in [3.05, 3.63) is 0 Å². The summed E-state index contributed by atoms with van der Waals surface area (Å²) in [6.45, 7) is 3.58. The van der Waals surface area contributed by atoms with Crippen molar-refractivity contribution in [1.29, 1.82) is 0 Å². The van der Waals surface area contributed by atoms with Gasteiger partial charge in [0.25, 0.3) is 5.78 Å². The zero-order valence-corrected chi connectivity index (χ0v) is 8.97. The fourth-order valence-corrected chi connectivity index (χ4v) is 2.37. The Hall–Kier alpha value is -0.980. The van der Waals surface area contributed by atoms with E-state index in [4.69, 9.17) is 18.9 Å². The van der Waals surface area contributed by atoms with Gasteiger partial charge in [-0.1, -0.05) is 0 Å². The van der Waals surface area contributed by atoms with Gasteiger partial charge in [-0.25, -0.2) is 4.79 Å². The van der Waals surface area contributed by atoms with Crippen LogP contribution in [0.15, 0.2) is 0 Å². The van der Waals surface area contributed by atoms with Crippen molar-refractivity contribution in [3.8, 4) is 0 Å². The highest BCUT2D eigenvalue weighted by molar-refractivity contribution is 6.35. The molecule has 6 nitrogen and oxygen atoms in total. The first kappa shape index (κ1) is 10.2. The first-order valence-corrected chi connectivity index (χ1v) is 5.20. The van der Waals surface area contributed by atoms with E-state index >= 15 is 0 Å². The smallest absolute Gasteiger partial charge is 0.377 e. The number of ketones is 1. The predicted octanol–water partition coefficient (Wildman–Crippen LogP) is -0.600. The second-order valence-electron chi connectivity index (χ2n) is 4.62. The fourth-order valence-electron chi connectivity index (χ4n) is 2.37. The Balaban J connectivity index is 1.92. The Morgan fingerprint density at radius 3 is 2.62 bits per heavy atom. The summed E-state index contributed by atoms with van der Waals surface area (Å²) < 4.78 is 21.4. The number of cyclic esters (lactones) is 1. The number of carbonyl (C=O) groups excluding carboxylic acids is 2. The minimum absolute atomic E-state index is 0.0433. The Bertz CT molecular complexity index is 362. The quantitative estimate of drug-likeness (QED) is 0.407. The van der Waals surface area contributed by atoms with Crippen molar-refractivity contribution in [2.24, 2.45) is 0 Å². The summed E-state index contributed by atoms with van der Waals surface area (Å²) in [5.41, 5.74) is 0. The molecule has 0 unspecified atom stereocenters. The summed E-state index contributed by atoms with van der Waals surface area (Å²) in [5.74, 6) is -2.28. The molecule has 3 fully saturated rings. The van der Waals surface area contributed by atoms with Gasteiger partial charge >= 0.3 is 5.97 Å². The van der Waals surface area contributed by atoms with Crippen molar-refractivity contribution in [2.45, 2.75) is 44.1 Å². The summed E-state index contributed by atoms with van der Waals surface area (Å²) in [7, 11) is 0. The van der Waals surface area contributed by atoms with Crippen molar-refractivity contribution < 1.29 is 28.5 Å². The van der Waals surface area contributed by atoms with Crippen LogP contribution in [-0.2, 0) is 28.5 Å². The number of hydrogen-bond donors (Lipinski definition) is 0. The summed E-state index contributed by atoms with van der Waals surface area (Å²) in [6.07, 6.45) is -2.13. The molecule has 0 aromatic rings. The van der Waals surface area contributed by atoms with Crippen LogP contribution in [0.1, 0.15) is 13.8 Å². The van der Waals surface area contributed by atoms with Gasteiger partial charge in [0.15, 0.2) is 11.9 Å². The molecule has 88 valence electrons. The maximum absolute atomic E-state index is 11.6. The SMILES string of the molecule is CC1(C)O[C@@H]2[C@H](O1)[C@@H]1O[C@H]2COC(=O)C1=O. The lowest BCUT2D eigenvalue weighted by atomic mass is 10.0. The van der Waals surface area contributed by atoms with Gasteiger partial charge < -0.3 is 18.9 Å². The van der Waals surface area contributed by atoms with Gasteiger partial charge in [0.05, 0.1) is 0 Å². The molecule has 0 radical (unpaired) electrons. The third kappa shape index (κ3) is 1.30. The number of carbonyl (C=O) groups is 2. The molecule has 3 heterocycles. The van der Waals surface area contributed by atoms with Crippen LogP contribution < -0.4 is 0 Å². The van der Waals surface area contributed by atoms with E-state index in [-0.39, 0.29) is 12.7 Å². The molecule has 6 heteroatoms. The van der Waals surface area contributed by atoms with E-state index in [1.54, 1.807) is 13.8 Å². The molecule has 3 rings (SSSR count). The van der Waals surface area contributed by atoms with E-state index in [0.29, 0.717) is 0 Å². The van der Waals surface area contributed by atoms with Gasteiger partial charge in [-0.05, 0) is 13.8 Å². The number of fused-ring (bicyclic) bond motifs is 5. The van der Waals surface area contributed by atoms with Gasteiger partial charge in [-0.2, -0.15) is 0 Å². The van der Waals surface area contributed by atoms with Crippen LogP contribution in [0.5, 0.6) is 0 Å². The average Bonchev–Trinajstić information content (AvgIpc) is 2.62. The summed E-state index contributed by atoms with van der Waals surface area (Å²) in [6, 6.07) is 0. The molecule has 3 aliphatic rings. The maximum atomic E-state index is 11.6. The predicted molar refractivity (Wildman–Crippen MR) is 48.5 cm³/mol. The standard InChI is InChI=1S/C10H12O6/c1-10(2)15-6-4-3-13-9(12)5(11)7(14-4)8(6)16-10/h4,6-8H,3H2,1-2H3/t4-,6-,7+,8-/m0/s1. The highest BCUT2D eigenvalue weighted by Gasteiger charge is 2.60. The van der Waals surface area contributed by atoms with Gasteiger partial charge in [0.1, 0.15) is 24.9 Å². The Morgan fingerprint density at radius 1 is 1.19 bits per heavy atom. The third-order valence-corrected chi connectivity index (χ3v) is 2.99. The molecule has 3 aliphatic heterocycles. The van der Waals surface area contributed by atoms with Gasteiger partial charge in [-0.3, -0.25) is 4.79 Å². The second kappa shape index (κ2) is 3.03. The summed E-state index contributed by atoms with van der Waals surface area (Å²) in [4.78, 5) is 22.8. The number of rotatable bonds is 0. The molecule has 2 bridgehead atoms. The zero-order chi connectivity index (χ0) is 11.5. The molecule has 16 heavy (non-hydrogen) atoms. The molecular formula is C10H12O6. The van der Waals surface area contributed by atoms with Crippen LogP contribution in [0.4, 0.5) is 0 Å². The topological polar surface area (TPSA) is 71.1 Å². The largest absolute Gasteiger partial charge is 0.457 e. The first-order chi connectivity index (χ1) is 7.48. The van der Waals surface area contributed by atoms with Crippen molar-refractivity contribution in [2.75, 3.05) is 6.61 Å². The Kier molecular flexibility index (Phi) is 1.93. The van der Waals surface area contributed by atoms with Crippen molar-refractivity contribution in [3.63, 3.8) is 0 Å². The lowest BCUT2D eigenvalue weighted by Crippen LogP contribution is -2.41. The third-order valence-electron chi connectivity index (χ3n) is 2.99. The minimum atomic E-state index is -0.883. The number of esters is 1. The molecule has 0 aromatic carbocycles. The molecule has 0 N–H and O–H groups in total. The van der Waals surface area contributed by atoms with E-state index in [0.717, 1.165) is 0 Å². The first-order valence-electron chi connectivity index (χ1n) is 5.20. The van der Waals surface area contributed by atoms with Crippen LogP contribution in [0.3, 0.4) is 0 Å². The maximum Gasteiger partial charge on any atom is 0.377 e. The van der Waals surface area contributed by atoms with E-state index in [1.807, 2.05) is 0 Å².